The number of urea groups is 1. The lowest BCUT2D eigenvalue weighted by Crippen LogP contribution is -2.39. The van der Waals surface area contributed by atoms with Gasteiger partial charge in [-0.05, 0) is 36.6 Å². The molecular formula is C14H19ClN2O3S. The lowest BCUT2D eigenvalue weighted by atomic mass is 10.1. The van der Waals surface area contributed by atoms with Gasteiger partial charge in [0.1, 0.15) is 0 Å². The van der Waals surface area contributed by atoms with Gasteiger partial charge in [0.15, 0.2) is 9.84 Å². The minimum Gasteiger partial charge on any atom is -0.334 e. The third-order valence-corrected chi connectivity index (χ3v) is 5.61. The van der Waals surface area contributed by atoms with E-state index in [1.165, 1.54) is 6.26 Å². The van der Waals surface area contributed by atoms with Gasteiger partial charge < -0.3 is 10.2 Å². The topological polar surface area (TPSA) is 66.5 Å². The van der Waals surface area contributed by atoms with Crippen molar-refractivity contribution in [2.45, 2.75) is 25.1 Å². The maximum absolute atomic E-state index is 12.1. The van der Waals surface area contributed by atoms with Crippen molar-refractivity contribution in [3.05, 3.63) is 34.3 Å². The van der Waals surface area contributed by atoms with E-state index in [0.29, 0.717) is 24.5 Å². The van der Waals surface area contributed by atoms with Crippen molar-refractivity contribution in [3.8, 4) is 0 Å². The molecule has 1 saturated heterocycles. The van der Waals surface area contributed by atoms with Gasteiger partial charge in [-0.25, -0.2) is 13.2 Å². The van der Waals surface area contributed by atoms with Gasteiger partial charge in [0, 0.05) is 30.9 Å². The number of sulfone groups is 1. The summed E-state index contributed by atoms with van der Waals surface area (Å²) < 4.78 is 23.0. The molecule has 1 N–H and O–H groups in total. The maximum atomic E-state index is 12.1. The molecule has 2 amide bonds. The van der Waals surface area contributed by atoms with Crippen LogP contribution < -0.4 is 5.32 Å². The third kappa shape index (κ3) is 4.11. The Hall–Kier alpha value is -1.27. The van der Waals surface area contributed by atoms with Crippen molar-refractivity contribution in [2.24, 2.45) is 0 Å². The summed E-state index contributed by atoms with van der Waals surface area (Å²) in [6.45, 7) is 3.07. The van der Waals surface area contributed by atoms with Crippen LogP contribution in [0.25, 0.3) is 0 Å². The molecule has 7 heteroatoms. The summed E-state index contributed by atoms with van der Waals surface area (Å²) in [5, 5.41) is 2.99. The molecule has 2 rings (SSSR count). The zero-order valence-electron chi connectivity index (χ0n) is 12.1. The van der Waals surface area contributed by atoms with Gasteiger partial charge in [-0.3, -0.25) is 0 Å². The highest BCUT2D eigenvalue weighted by Crippen LogP contribution is 2.17. The zero-order valence-corrected chi connectivity index (χ0v) is 13.7. The van der Waals surface area contributed by atoms with Crippen molar-refractivity contribution >= 4 is 27.5 Å². The van der Waals surface area contributed by atoms with Crippen molar-refractivity contribution in [3.63, 3.8) is 0 Å². The molecule has 1 fully saturated rings. The van der Waals surface area contributed by atoms with Crippen molar-refractivity contribution < 1.29 is 13.2 Å². The number of amides is 2. The minimum atomic E-state index is -3.09. The van der Waals surface area contributed by atoms with Gasteiger partial charge in [0.2, 0.25) is 0 Å². The third-order valence-electron chi connectivity index (χ3n) is 3.78. The van der Waals surface area contributed by atoms with Crippen LogP contribution in [0.4, 0.5) is 4.79 Å². The molecule has 0 radical (unpaired) electrons. The molecule has 116 valence electrons. The minimum absolute atomic E-state index is 0.236. The summed E-state index contributed by atoms with van der Waals surface area (Å²) in [7, 11) is -3.09. The second-order valence-electron chi connectivity index (χ2n) is 5.42. The number of nitrogens with zero attached hydrogens (tertiary/aromatic N) is 1. The van der Waals surface area contributed by atoms with Crippen LogP contribution in [0.3, 0.4) is 0 Å². The highest BCUT2D eigenvalue weighted by atomic mass is 35.5. The Morgan fingerprint density at radius 3 is 2.81 bits per heavy atom. The lowest BCUT2D eigenvalue weighted by Gasteiger charge is -2.17. The molecule has 1 aliphatic rings. The predicted octanol–water partition coefficient (Wildman–Crippen LogP) is 1.98. The summed E-state index contributed by atoms with van der Waals surface area (Å²) in [5.74, 6) is 0. The first-order valence-corrected chi connectivity index (χ1v) is 9.07. The van der Waals surface area contributed by atoms with Crippen molar-refractivity contribution in [1.82, 2.24) is 10.2 Å². The van der Waals surface area contributed by atoms with Crippen LogP contribution in [0.15, 0.2) is 18.2 Å². The summed E-state index contributed by atoms with van der Waals surface area (Å²) in [5.41, 5.74) is 2.00. The molecular weight excluding hydrogens is 312 g/mol. The average molecular weight is 331 g/mol. The van der Waals surface area contributed by atoms with E-state index in [0.717, 1.165) is 11.1 Å². The average Bonchev–Trinajstić information content (AvgIpc) is 2.89. The highest BCUT2D eigenvalue weighted by Gasteiger charge is 2.32. The first-order valence-electron chi connectivity index (χ1n) is 6.74. The molecule has 0 spiro atoms. The van der Waals surface area contributed by atoms with E-state index in [9.17, 15) is 13.2 Å². The fourth-order valence-electron chi connectivity index (χ4n) is 2.38. The SMILES string of the molecule is Cc1ccc(Cl)cc1CNC(=O)N1CC[C@H](S(C)(=O)=O)C1. The number of likely N-dealkylation sites (tertiary alicyclic amines) is 1. The van der Waals surface area contributed by atoms with Crippen molar-refractivity contribution in [1.29, 1.82) is 0 Å². The van der Waals surface area contributed by atoms with E-state index in [2.05, 4.69) is 5.32 Å². The largest absolute Gasteiger partial charge is 0.334 e. The van der Waals surface area contributed by atoms with Crippen molar-refractivity contribution in [2.75, 3.05) is 19.3 Å². The molecule has 0 bridgehead atoms. The number of carbonyl (C=O) groups excluding carboxylic acids is 1. The highest BCUT2D eigenvalue weighted by molar-refractivity contribution is 7.91. The molecule has 0 unspecified atom stereocenters. The van der Waals surface area contributed by atoms with Gasteiger partial charge in [-0.2, -0.15) is 0 Å². The summed E-state index contributed by atoms with van der Waals surface area (Å²) >= 11 is 5.94. The summed E-state index contributed by atoms with van der Waals surface area (Å²) in [6.07, 6.45) is 1.72. The molecule has 1 atom stereocenters. The molecule has 0 saturated carbocycles. The van der Waals surface area contributed by atoms with Gasteiger partial charge in [-0.15, -0.1) is 0 Å². The fraction of sp³-hybridized carbons (Fsp3) is 0.500. The number of aryl methyl sites for hydroxylation is 1. The molecule has 1 aromatic carbocycles. The first kappa shape index (κ1) is 16.1. The van der Waals surface area contributed by atoms with Gasteiger partial charge >= 0.3 is 6.03 Å². The monoisotopic (exact) mass is 330 g/mol. The Morgan fingerprint density at radius 1 is 1.48 bits per heavy atom. The van der Waals surface area contributed by atoms with E-state index in [1.807, 2.05) is 19.1 Å². The van der Waals surface area contributed by atoms with E-state index in [-0.39, 0.29) is 12.6 Å². The molecule has 5 nitrogen and oxygen atoms in total. The Kier molecular flexibility index (Phi) is 4.78. The lowest BCUT2D eigenvalue weighted by molar-refractivity contribution is 0.208. The molecule has 1 aromatic rings. The summed E-state index contributed by atoms with van der Waals surface area (Å²) in [4.78, 5) is 13.6. The molecule has 0 aliphatic carbocycles. The Bertz CT molecular complexity index is 646. The fourth-order valence-corrected chi connectivity index (χ4v) is 3.55. The Morgan fingerprint density at radius 2 is 2.19 bits per heavy atom. The van der Waals surface area contributed by atoms with E-state index >= 15 is 0 Å². The van der Waals surface area contributed by atoms with E-state index in [1.54, 1.807) is 11.0 Å². The standard InChI is InChI=1S/C14H19ClN2O3S/c1-10-3-4-12(15)7-11(10)8-16-14(18)17-6-5-13(9-17)21(2,19)20/h3-4,7,13H,5-6,8-9H2,1-2H3,(H,16,18)/t13-/m0/s1. The van der Waals surface area contributed by atoms with Crippen LogP contribution in [-0.4, -0.2) is 43.9 Å². The van der Waals surface area contributed by atoms with Gasteiger partial charge in [0.05, 0.1) is 5.25 Å². The maximum Gasteiger partial charge on any atom is 0.317 e. The zero-order chi connectivity index (χ0) is 15.6. The van der Waals surface area contributed by atoms with Crippen LogP contribution in [0.5, 0.6) is 0 Å². The molecule has 1 heterocycles. The van der Waals surface area contributed by atoms with Crippen LogP contribution in [-0.2, 0) is 16.4 Å². The predicted molar refractivity (Wildman–Crippen MR) is 83.2 cm³/mol. The van der Waals surface area contributed by atoms with Crippen LogP contribution in [0, 0.1) is 6.92 Å². The normalized spacial score (nSPS) is 18.8. The number of hydrogen-bond acceptors (Lipinski definition) is 3. The quantitative estimate of drug-likeness (QED) is 0.921. The molecule has 1 aliphatic heterocycles. The summed E-state index contributed by atoms with van der Waals surface area (Å²) in [6, 6.07) is 5.29. The Labute approximate surface area is 130 Å². The number of benzene rings is 1. The number of halogens is 1. The van der Waals surface area contributed by atoms with E-state index in [4.69, 9.17) is 11.6 Å². The number of rotatable bonds is 3. The number of nitrogens with one attached hydrogen (secondary N) is 1. The van der Waals surface area contributed by atoms with Crippen LogP contribution >= 0.6 is 11.6 Å². The molecule has 0 aromatic heterocycles. The Balaban J connectivity index is 1.93. The van der Waals surface area contributed by atoms with E-state index < -0.39 is 15.1 Å². The van der Waals surface area contributed by atoms with Gasteiger partial charge in [0.25, 0.3) is 0 Å². The second kappa shape index (κ2) is 6.23. The first-order chi connectivity index (χ1) is 9.77. The number of carbonyl (C=O) groups is 1. The van der Waals surface area contributed by atoms with Crippen LogP contribution in [0.1, 0.15) is 17.5 Å². The second-order valence-corrected chi connectivity index (χ2v) is 8.18. The van der Waals surface area contributed by atoms with Crippen LogP contribution in [0.2, 0.25) is 5.02 Å². The molecule has 21 heavy (non-hydrogen) atoms. The van der Waals surface area contributed by atoms with Gasteiger partial charge in [-0.1, -0.05) is 17.7 Å². The smallest absolute Gasteiger partial charge is 0.317 e. The number of hydrogen-bond donors (Lipinski definition) is 1.